The Bertz CT molecular complexity index is 321. The van der Waals surface area contributed by atoms with Gasteiger partial charge in [-0.05, 0) is 32.8 Å². The standard InChI is InChI=1S/C12H18O5/c1-3-16-11(14)9-6-5-8(13)7-10(9)12(15)17-4-2/h7-9,13H,3-6H2,1-2H3/t8-,9+/m1/s1. The summed E-state index contributed by atoms with van der Waals surface area (Å²) in [6.07, 6.45) is 1.56. The van der Waals surface area contributed by atoms with Crippen LogP contribution in [0.15, 0.2) is 11.6 Å². The Labute approximate surface area is 100 Å². The molecular formula is C12H18O5. The van der Waals surface area contributed by atoms with Crippen LogP contribution in [0.5, 0.6) is 0 Å². The first-order valence-electron chi connectivity index (χ1n) is 5.83. The lowest BCUT2D eigenvalue weighted by atomic mass is 9.86. The molecule has 0 aromatic carbocycles. The maximum absolute atomic E-state index is 11.7. The third kappa shape index (κ3) is 3.56. The molecule has 1 rings (SSSR count). The summed E-state index contributed by atoms with van der Waals surface area (Å²) >= 11 is 0. The third-order valence-corrected chi connectivity index (χ3v) is 2.58. The van der Waals surface area contributed by atoms with Crippen LogP contribution < -0.4 is 0 Å². The highest BCUT2D eigenvalue weighted by molar-refractivity contribution is 5.95. The van der Waals surface area contributed by atoms with Crippen LogP contribution in [0.3, 0.4) is 0 Å². The molecule has 0 spiro atoms. The minimum atomic E-state index is -0.694. The Morgan fingerprint density at radius 1 is 1.29 bits per heavy atom. The Morgan fingerprint density at radius 3 is 2.53 bits per heavy atom. The Hall–Kier alpha value is -1.36. The second-order valence-electron chi connectivity index (χ2n) is 3.79. The average Bonchev–Trinajstić information content (AvgIpc) is 2.29. The first-order valence-corrected chi connectivity index (χ1v) is 5.83. The number of hydrogen-bond acceptors (Lipinski definition) is 5. The molecule has 1 N–H and O–H groups in total. The fourth-order valence-corrected chi connectivity index (χ4v) is 1.81. The molecule has 0 amide bonds. The van der Waals surface area contributed by atoms with Gasteiger partial charge < -0.3 is 14.6 Å². The van der Waals surface area contributed by atoms with Crippen molar-refractivity contribution in [2.45, 2.75) is 32.8 Å². The fraction of sp³-hybridized carbons (Fsp3) is 0.667. The second-order valence-corrected chi connectivity index (χ2v) is 3.79. The minimum Gasteiger partial charge on any atom is -0.466 e. The van der Waals surface area contributed by atoms with E-state index in [1.54, 1.807) is 13.8 Å². The van der Waals surface area contributed by atoms with Gasteiger partial charge >= 0.3 is 11.9 Å². The van der Waals surface area contributed by atoms with Crippen molar-refractivity contribution in [3.8, 4) is 0 Å². The van der Waals surface area contributed by atoms with Crippen molar-refractivity contribution >= 4 is 11.9 Å². The van der Waals surface area contributed by atoms with E-state index in [0.717, 1.165) is 0 Å². The number of carbonyl (C=O) groups is 2. The summed E-state index contributed by atoms with van der Waals surface area (Å²) in [6.45, 7) is 3.91. The number of ether oxygens (including phenoxy) is 2. The average molecular weight is 242 g/mol. The number of carbonyl (C=O) groups excluding carboxylic acids is 2. The van der Waals surface area contributed by atoms with E-state index in [2.05, 4.69) is 0 Å². The first kappa shape index (κ1) is 13.7. The van der Waals surface area contributed by atoms with Crippen molar-refractivity contribution in [1.29, 1.82) is 0 Å². The predicted octanol–water partition coefficient (Wildman–Crippen LogP) is 0.810. The van der Waals surface area contributed by atoms with E-state index in [1.165, 1.54) is 6.08 Å². The summed E-state index contributed by atoms with van der Waals surface area (Å²) in [5, 5.41) is 9.49. The lowest BCUT2D eigenvalue weighted by molar-refractivity contribution is -0.150. The Balaban J connectivity index is 2.84. The number of rotatable bonds is 4. The van der Waals surface area contributed by atoms with E-state index in [9.17, 15) is 14.7 Å². The summed E-state index contributed by atoms with van der Waals surface area (Å²) in [7, 11) is 0. The number of hydrogen-bond donors (Lipinski definition) is 1. The molecule has 5 heteroatoms. The largest absolute Gasteiger partial charge is 0.466 e. The van der Waals surface area contributed by atoms with Gasteiger partial charge in [0.05, 0.1) is 25.2 Å². The molecule has 0 saturated carbocycles. The van der Waals surface area contributed by atoms with Crippen LogP contribution >= 0.6 is 0 Å². The maximum atomic E-state index is 11.7. The van der Waals surface area contributed by atoms with Crippen LogP contribution in [0.2, 0.25) is 0 Å². The summed E-state index contributed by atoms with van der Waals surface area (Å²) in [5.74, 6) is -1.60. The van der Waals surface area contributed by atoms with Crippen molar-refractivity contribution in [3.05, 3.63) is 11.6 Å². The van der Waals surface area contributed by atoms with Gasteiger partial charge in [0.1, 0.15) is 0 Å². The van der Waals surface area contributed by atoms with Crippen molar-refractivity contribution < 1.29 is 24.2 Å². The van der Waals surface area contributed by atoms with E-state index >= 15 is 0 Å². The first-order chi connectivity index (χ1) is 8.10. The van der Waals surface area contributed by atoms with Crippen molar-refractivity contribution in [1.82, 2.24) is 0 Å². The van der Waals surface area contributed by atoms with Gasteiger partial charge in [0.25, 0.3) is 0 Å². The normalized spacial score (nSPS) is 23.8. The number of aliphatic hydroxyl groups excluding tert-OH is 1. The van der Waals surface area contributed by atoms with Gasteiger partial charge in [0.2, 0.25) is 0 Å². The highest BCUT2D eigenvalue weighted by Crippen LogP contribution is 2.27. The zero-order valence-corrected chi connectivity index (χ0v) is 10.1. The molecule has 0 aromatic rings. The van der Waals surface area contributed by atoms with Crippen LogP contribution in [0.4, 0.5) is 0 Å². The summed E-state index contributed by atoms with van der Waals surface area (Å²) in [5.41, 5.74) is 0.212. The van der Waals surface area contributed by atoms with Crippen LogP contribution in [-0.4, -0.2) is 36.4 Å². The minimum absolute atomic E-state index is 0.212. The molecule has 96 valence electrons. The van der Waals surface area contributed by atoms with Gasteiger partial charge in [-0.15, -0.1) is 0 Å². The number of esters is 2. The van der Waals surface area contributed by atoms with Crippen LogP contribution in [-0.2, 0) is 19.1 Å². The molecule has 0 aromatic heterocycles. The summed E-state index contributed by atoms with van der Waals surface area (Å²) in [4.78, 5) is 23.3. The molecule has 0 saturated heterocycles. The lowest BCUT2D eigenvalue weighted by Crippen LogP contribution is -2.30. The Kier molecular flexibility index (Phi) is 5.15. The molecule has 17 heavy (non-hydrogen) atoms. The van der Waals surface area contributed by atoms with Gasteiger partial charge in [-0.2, -0.15) is 0 Å². The lowest BCUT2D eigenvalue weighted by Gasteiger charge is -2.23. The molecule has 0 unspecified atom stereocenters. The van der Waals surface area contributed by atoms with E-state index in [1.807, 2.05) is 0 Å². The second kappa shape index (κ2) is 6.39. The SMILES string of the molecule is CCOC(=O)C1=C[C@H](O)CC[C@@H]1C(=O)OCC. The van der Waals surface area contributed by atoms with E-state index in [0.29, 0.717) is 12.8 Å². The van der Waals surface area contributed by atoms with Crippen LogP contribution in [0.25, 0.3) is 0 Å². The molecule has 0 radical (unpaired) electrons. The van der Waals surface area contributed by atoms with Crippen LogP contribution in [0.1, 0.15) is 26.7 Å². The van der Waals surface area contributed by atoms with Gasteiger partial charge in [-0.1, -0.05) is 0 Å². The molecule has 0 heterocycles. The van der Waals surface area contributed by atoms with E-state index < -0.39 is 24.0 Å². The molecule has 1 aliphatic carbocycles. The summed E-state index contributed by atoms with van der Waals surface area (Å²) < 4.78 is 9.77. The van der Waals surface area contributed by atoms with Crippen LogP contribution in [0, 0.1) is 5.92 Å². The van der Waals surface area contributed by atoms with Gasteiger partial charge in [0.15, 0.2) is 0 Å². The third-order valence-electron chi connectivity index (χ3n) is 2.58. The van der Waals surface area contributed by atoms with Gasteiger partial charge in [-0.25, -0.2) is 4.79 Å². The molecule has 0 bridgehead atoms. The molecule has 0 fully saturated rings. The molecular weight excluding hydrogens is 224 g/mol. The van der Waals surface area contributed by atoms with Gasteiger partial charge in [-0.3, -0.25) is 4.79 Å². The molecule has 0 aliphatic heterocycles. The highest BCUT2D eigenvalue weighted by Gasteiger charge is 2.33. The Morgan fingerprint density at radius 2 is 1.94 bits per heavy atom. The predicted molar refractivity (Wildman–Crippen MR) is 60.1 cm³/mol. The summed E-state index contributed by atoms with van der Waals surface area (Å²) in [6, 6.07) is 0. The number of aliphatic hydroxyl groups is 1. The van der Waals surface area contributed by atoms with E-state index in [4.69, 9.17) is 9.47 Å². The molecule has 2 atom stereocenters. The van der Waals surface area contributed by atoms with Crippen molar-refractivity contribution in [2.75, 3.05) is 13.2 Å². The highest BCUT2D eigenvalue weighted by atomic mass is 16.5. The molecule has 1 aliphatic rings. The zero-order valence-electron chi connectivity index (χ0n) is 10.1. The van der Waals surface area contributed by atoms with E-state index in [-0.39, 0.29) is 18.8 Å². The maximum Gasteiger partial charge on any atom is 0.334 e. The van der Waals surface area contributed by atoms with Crippen molar-refractivity contribution in [2.24, 2.45) is 5.92 Å². The van der Waals surface area contributed by atoms with Gasteiger partial charge in [0, 0.05) is 5.57 Å². The monoisotopic (exact) mass is 242 g/mol. The topological polar surface area (TPSA) is 72.8 Å². The molecule has 5 nitrogen and oxygen atoms in total. The zero-order chi connectivity index (χ0) is 12.8. The van der Waals surface area contributed by atoms with Crippen molar-refractivity contribution in [3.63, 3.8) is 0 Å². The fourth-order valence-electron chi connectivity index (χ4n) is 1.81. The smallest absolute Gasteiger partial charge is 0.334 e. The quantitative estimate of drug-likeness (QED) is 0.738.